The molecule has 0 aliphatic carbocycles. The average molecular weight is 285 g/mol. The Kier molecular flexibility index (Phi) is 11.0. The summed E-state index contributed by atoms with van der Waals surface area (Å²) in [5.74, 6) is 0. The van der Waals surface area contributed by atoms with Crippen LogP contribution in [-0.2, 0) is 9.47 Å². The van der Waals surface area contributed by atoms with E-state index in [1.165, 1.54) is 0 Å². The van der Waals surface area contributed by atoms with Gasteiger partial charge in [0.05, 0.1) is 38.6 Å². The summed E-state index contributed by atoms with van der Waals surface area (Å²) in [6.45, 7) is 5.30. The monoisotopic (exact) mass is 284 g/mol. The third-order valence-corrected chi connectivity index (χ3v) is 2.75. The van der Waals surface area contributed by atoms with E-state index in [4.69, 9.17) is 19.7 Å². The van der Waals surface area contributed by atoms with Gasteiger partial charge in [-0.1, -0.05) is 0 Å². The number of nitrogens with one attached hydrogen (secondary N) is 1. The van der Waals surface area contributed by atoms with Crippen molar-refractivity contribution in [3.63, 3.8) is 0 Å². The molecule has 2 aliphatic heterocycles. The van der Waals surface area contributed by atoms with Gasteiger partial charge in [-0.05, 0) is 7.05 Å². The molecule has 6 nitrogen and oxygen atoms in total. The van der Waals surface area contributed by atoms with E-state index >= 15 is 0 Å². The highest BCUT2D eigenvalue weighted by Crippen LogP contribution is 2.00. The first kappa shape index (κ1) is 18.0. The van der Waals surface area contributed by atoms with E-state index in [-0.39, 0.29) is 37.8 Å². The highest BCUT2D eigenvalue weighted by molar-refractivity contribution is 5.85. The second kappa shape index (κ2) is 10.9. The predicted molar refractivity (Wildman–Crippen MR) is 71.3 cm³/mol. The van der Waals surface area contributed by atoms with Gasteiger partial charge in [-0.2, -0.15) is 0 Å². The number of hydrogen-bond donors (Lipinski definition) is 3. The number of aliphatic hydroxyl groups is 2. The normalized spacial score (nSPS) is 28.8. The van der Waals surface area contributed by atoms with Crippen LogP contribution in [0.5, 0.6) is 0 Å². The topological polar surface area (TPSA) is 74.2 Å². The van der Waals surface area contributed by atoms with E-state index in [0.29, 0.717) is 0 Å². The summed E-state index contributed by atoms with van der Waals surface area (Å²) in [6.07, 6.45) is 0.0764. The molecule has 0 aromatic carbocycles. The van der Waals surface area contributed by atoms with Crippen LogP contribution in [-0.4, -0.2) is 87.0 Å². The Balaban J connectivity index is 0.000000306. The summed E-state index contributed by atoms with van der Waals surface area (Å²) < 4.78 is 10.3. The summed E-state index contributed by atoms with van der Waals surface area (Å²) in [5.41, 5.74) is 0. The molecule has 2 fully saturated rings. The fraction of sp³-hybridized carbons (Fsp3) is 1.00. The Morgan fingerprint density at radius 2 is 1.83 bits per heavy atom. The molecule has 2 rings (SSSR count). The maximum atomic E-state index is 8.66. The minimum absolute atomic E-state index is 0. The lowest BCUT2D eigenvalue weighted by Crippen LogP contribution is -2.41. The first-order valence-electron chi connectivity index (χ1n) is 6.10. The van der Waals surface area contributed by atoms with E-state index in [1.54, 1.807) is 0 Å². The van der Waals surface area contributed by atoms with Gasteiger partial charge in [0.2, 0.25) is 0 Å². The Morgan fingerprint density at radius 3 is 2.22 bits per heavy atom. The first-order valence-corrected chi connectivity index (χ1v) is 6.10. The quantitative estimate of drug-likeness (QED) is 0.585. The standard InChI is InChI=1S/C6H13NO2.C5H11NO2.ClH/c1-7-2-3-9-6(4-7)5-8;7-4-5-3-6-1-2-8-5;/h6,8H,2-5H2,1H3;5-7H,1-4H2;1H/t6-;5-;/m11./s1. The molecule has 3 N–H and O–H groups in total. The third-order valence-electron chi connectivity index (χ3n) is 2.75. The average Bonchev–Trinajstić information content (AvgIpc) is 2.40. The van der Waals surface area contributed by atoms with Gasteiger partial charge in [-0.15, -0.1) is 12.4 Å². The Hall–Kier alpha value is 0.0500. The zero-order valence-electron chi connectivity index (χ0n) is 10.9. The first-order chi connectivity index (χ1) is 8.26. The van der Waals surface area contributed by atoms with Gasteiger partial charge < -0.3 is 29.9 Å². The van der Waals surface area contributed by atoms with Crippen molar-refractivity contribution in [2.75, 3.05) is 59.7 Å². The van der Waals surface area contributed by atoms with Crippen LogP contribution in [0.1, 0.15) is 0 Å². The minimum Gasteiger partial charge on any atom is -0.394 e. The van der Waals surface area contributed by atoms with Gasteiger partial charge in [0.15, 0.2) is 0 Å². The van der Waals surface area contributed by atoms with Crippen molar-refractivity contribution in [1.82, 2.24) is 10.2 Å². The van der Waals surface area contributed by atoms with Crippen LogP contribution in [0.2, 0.25) is 0 Å². The molecule has 110 valence electrons. The molecular weight excluding hydrogens is 260 g/mol. The highest BCUT2D eigenvalue weighted by atomic mass is 35.5. The predicted octanol–water partition coefficient (Wildman–Crippen LogP) is -1.30. The van der Waals surface area contributed by atoms with Gasteiger partial charge in [0.1, 0.15) is 0 Å². The third kappa shape index (κ3) is 7.48. The summed E-state index contributed by atoms with van der Waals surface area (Å²) in [4.78, 5) is 2.16. The van der Waals surface area contributed by atoms with Crippen molar-refractivity contribution in [2.45, 2.75) is 12.2 Å². The van der Waals surface area contributed by atoms with Crippen molar-refractivity contribution in [1.29, 1.82) is 0 Å². The van der Waals surface area contributed by atoms with Crippen LogP contribution < -0.4 is 5.32 Å². The van der Waals surface area contributed by atoms with Crippen LogP contribution >= 0.6 is 12.4 Å². The van der Waals surface area contributed by atoms with Gasteiger partial charge in [-0.3, -0.25) is 0 Å². The molecule has 2 aliphatic rings. The summed E-state index contributed by atoms with van der Waals surface area (Å²) in [7, 11) is 2.03. The second-order valence-electron chi connectivity index (χ2n) is 4.32. The molecule has 0 amide bonds. The van der Waals surface area contributed by atoms with Gasteiger partial charge >= 0.3 is 0 Å². The van der Waals surface area contributed by atoms with E-state index in [0.717, 1.165) is 39.4 Å². The molecular formula is C11H25ClN2O4. The smallest absolute Gasteiger partial charge is 0.0932 e. The molecule has 0 bridgehead atoms. The van der Waals surface area contributed by atoms with E-state index < -0.39 is 0 Å². The lowest BCUT2D eigenvalue weighted by atomic mass is 10.3. The van der Waals surface area contributed by atoms with Crippen molar-refractivity contribution in [3.8, 4) is 0 Å². The van der Waals surface area contributed by atoms with E-state index in [2.05, 4.69) is 10.2 Å². The van der Waals surface area contributed by atoms with Crippen molar-refractivity contribution >= 4 is 12.4 Å². The highest BCUT2D eigenvalue weighted by Gasteiger charge is 2.15. The fourth-order valence-electron chi connectivity index (χ4n) is 1.71. The summed E-state index contributed by atoms with van der Waals surface area (Å²) in [6, 6.07) is 0. The lowest BCUT2D eigenvalue weighted by molar-refractivity contribution is -0.0453. The number of halogens is 1. The molecule has 2 atom stereocenters. The number of hydrogen-bond acceptors (Lipinski definition) is 6. The zero-order chi connectivity index (χ0) is 12.5. The van der Waals surface area contributed by atoms with Gasteiger partial charge in [0.25, 0.3) is 0 Å². The number of ether oxygens (including phenoxy) is 2. The van der Waals surface area contributed by atoms with Crippen LogP contribution in [0.3, 0.4) is 0 Å². The Labute approximate surface area is 115 Å². The van der Waals surface area contributed by atoms with Gasteiger partial charge in [0, 0.05) is 26.2 Å². The number of likely N-dealkylation sites (N-methyl/N-ethyl adjacent to an activating group) is 1. The molecule has 0 aromatic heterocycles. The molecule has 0 aromatic rings. The summed E-state index contributed by atoms with van der Waals surface area (Å²) in [5, 5.41) is 20.3. The SMILES string of the molecule is CN1CCO[C@@H](CO)C1.Cl.OC[C@H]1CNCCO1. The van der Waals surface area contributed by atoms with E-state index in [9.17, 15) is 0 Å². The largest absolute Gasteiger partial charge is 0.394 e. The maximum Gasteiger partial charge on any atom is 0.0932 e. The van der Waals surface area contributed by atoms with Crippen LogP contribution in [0.15, 0.2) is 0 Å². The molecule has 0 saturated carbocycles. The number of rotatable bonds is 2. The van der Waals surface area contributed by atoms with Crippen molar-refractivity contribution < 1.29 is 19.7 Å². The van der Waals surface area contributed by atoms with Crippen molar-refractivity contribution in [2.24, 2.45) is 0 Å². The second-order valence-corrected chi connectivity index (χ2v) is 4.32. The molecule has 7 heteroatoms. The number of aliphatic hydroxyl groups excluding tert-OH is 2. The molecule has 0 spiro atoms. The van der Waals surface area contributed by atoms with E-state index in [1.807, 2.05) is 7.05 Å². The van der Waals surface area contributed by atoms with Crippen molar-refractivity contribution in [3.05, 3.63) is 0 Å². The number of nitrogens with zero attached hydrogens (tertiary/aromatic N) is 1. The molecule has 2 saturated heterocycles. The molecule has 18 heavy (non-hydrogen) atoms. The van der Waals surface area contributed by atoms with Crippen LogP contribution in [0.4, 0.5) is 0 Å². The van der Waals surface area contributed by atoms with Crippen LogP contribution in [0, 0.1) is 0 Å². The lowest BCUT2D eigenvalue weighted by Gasteiger charge is -2.28. The Morgan fingerprint density at radius 1 is 1.17 bits per heavy atom. The molecule has 0 unspecified atom stereocenters. The molecule has 0 radical (unpaired) electrons. The van der Waals surface area contributed by atoms with Gasteiger partial charge in [-0.25, -0.2) is 0 Å². The fourth-order valence-corrected chi connectivity index (χ4v) is 1.71. The summed E-state index contributed by atoms with van der Waals surface area (Å²) >= 11 is 0. The Bertz CT molecular complexity index is 194. The molecule has 2 heterocycles. The van der Waals surface area contributed by atoms with Crippen LogP contribution in [0.25, 0.3) is 0 Å². The number of morpholine rings is 2. The zero-order valence-corrected chi connectivity index (χ0v) is 11.7. The minimum atomic E-state index is 0. The maximum absolute atomic E-state index is 8.66.